The number of methoxy groups -OCH3 is 1. The first kappa shape index (κ1) is 21.9. The highest BCUT2D eigenvalue weighted by atomic mass is 127. The summed E-state index contributed by atoms with van der Waals surface area (Å²) in [6.45, 7) is 3.61. The molecule has 0 fully saturated rings. The number of phenols is 1. The van der Waals surface area contributed by atoms with Crippen LogP contribution in [0.25, 0.3) is 0 Å². The predicted molar refractivity (Wildman–Crippen MR) is 115 cm³/mol. The number of halogens is 1. The van der Waals surface area contributed by atoms with E-state index in [0.717, 1.165) is 11.3 Å². The molecule has 2 aromatic carbocycles. The molecule has 142 valence electrons. The summed E-state index contributed by atoms with van der Waals surface area (Å²) >= 11 is 0. The van der Waals surface area contributed by atoms with E-state index in [1.54, 1.807) is 32.4 Å². The highest BCUT2D eigenvalue weighted by Crippen LogP contribution is 2.22. The third-order valence-electron chi connectivity index (χ3n) is 3.64. The molecule has 0 heterocycles. The number of rotatable bonds is 7. The molecular formula is C19H26IN3O3. The van der Waals surface area contributed by atoms with Gasteiger partial charge in [-0.05, 0) is 37.3 Å². The number of aliphatic imine (C=N–C) groups is 1. The normalized spacial score (nSPS) is 10.7. The van der Waals surface area contributed by atoms with Crippen molar-refractivity contribution in [1.29, 1.82) is 0 Å². The van der Waals surface area contributed by atoms with Crippen molar-refractivity contribution in [2.45, 2.75) is 13.5 Å². The van der Waals surface area contributed by atoms with Crippen LogP contribution in [0.3, 0.4) is 0 Å². The first-order valence-electron chi connectivity index (χ1n) is 8.12. The summed E-state index contributed by atoms with van der Waals surface area (Å²) in [6.07, 6.45) is 0. The fourth-order valence-electron chi connectivity index (χ4n) is 2.20. The van der Waals surface area contributed by atoms with Gasteiger partial charge in [0.05, 0.1) is 13.7 Å². The standard InChI is InChI=1S/C19H25N3O3.HI/c1-14-4-6-16(7-5-14)25-11-10-21-19(20-2)22-13-15-12-17(24-3)8-9-18(15)23;/h4-9,12,23H,10-11,13H2,1-3H3,(H2,20,21,22);1H. The van der Waals surface area contributed by atoms with Crippen LogP contribution in [0.15, 0.2) is 47.5 Å². The number of nitrogens with zero attached hydrogens (tertiary/aromatic N) is 1. The zero-order valence-electron chi connectivity index (χ0n) is 15.3. The Kier molecular flexibility index (Phi) is 9.64. The van der Waals surface area contributed by atoms with Crippen LogP contribution >= 0.6 is 24.0 Å². The molecule has 2 rings (SSSR count). The molecule has 3 N–H and O–H groups in total. The lowest BCUT2D eigenvalue weighted by molar-refractivity contribution is 0.322. The van der Waals surface area contributed by atoms with Gasteiger partial charge in [0, 0.05) is 19.2 Å². The molecule has 2 aromatic rings. The summed E-state index contributed by atoms with van der Waals surface area (Å²) in [5, 5.41) is 16.2. The lowest BCUT2D eigenvalue weighted by Crippen LogP contribution is -2.38. The largest absolute Gasteiger partial charge is 0.508 e. The smallest absolute Gasteiger partial charge is 0.191 e. The average molecular weight is 471 g/mol. The lowest BCUT2D eigenvalue weighted by atomic mass is 10.2. The minimum absolute atomic E-state index is 0. The summed E-state index contributed by atoms with van der Waals surface area (Å²) in [5.74, 6) is 2.39. The number of guanidine groups is 1. The maximum absolute atomic E-state index is 9.90. The van der Waals surface area contributed by atoms with Gasteiger partial charge < -0.3 is 25.2 Å². The zero-order valence-corrected chi connectivity index (χ0v) is 17.6. The molecule has 0 saturated carbocycles. The van der Waals surface area contributed by atoms with Gasteiger partial charge >= 0.3 is 0 Å². The molecule has 26 heavy (non-hydrogen) atoms. The predicted octanol–water partition coefficient (Wildman–Crippen LogP) is 3.07. The molecule has 0 unspecified atom stereocenters. The number of hydrogen-bond donors (Lipinski definition) is 3. The van der Waals surface area contributed by atoms with E-state index in [-0.39, 0.29) is 29.7 Å². The van der Waals surface area contributed by atoms with Crippen LogP contribution in [-0.2, 0) is 6.54 Å². The van der Waals surface area contributed by atoms with E-state index in [9.17, 15) is 5.11 Å². The molecule has 0 bridgehead atoms. The molecule has 0 saturated heterocycles. The quantitative estimate of drug-likeness (QED) is 0.251. The highest BCUT2D eigenvalue weighted by Gasteiger charge is 2.05. The SMILES string of the molecule is CN=C(NCCOc1ccc(C)cc1)NCc1cc(OC)ccc1O.I. The molecule has 0 aliphatic carbocycles. The fourth-order valence-corrected chi connectivity index (χ4v) is 2.20. The highest BCUT2D eigenvalue weighted by molar-refractivity contribution is 14.0. The number of aromatic hydroxyl groups is 1. The molecule has 0 spiro atoms. The third-order valence-corrected chi connectivity index (χ3v) is 3.64. The van der Waals surface area contributed by atoms with Crippen molar-refractivity contribution >= 4 is 29.9 Å². The van der Waals surface area contributed by atoms with E-state index in [4.69, 9.17) is 9.47 Å². The maximum Gasteiger partial charge on any atom is 0.191 e. The van der Waals surface area contributed by atoms with Crippen molar-refractivity contribution in [3.63, 3.8) is 0 Å². The summed E-state index contributed by atoms with van der Waals surface area (Å²) in [7, 11) is 3.29. The molecule has 0 aliphatic heterocycles. The molecule has 0 radical (unpaired) electrons. The van der Waals surface area contributed by atoms with Gasteiger partial charge in [-0.25, -0.2) is 0 Å². The van der Waals surface area contributed by atoms with Crippen molar-refractivity contribution in [3.05, 3.63) is 53.6 Å². The number of hydrogen-bond acceptors (Lipinski definition) is 4. The van der Waals surface area contributed by atoms with Crippen molar-refractivity contribution < 1.29 is 14.6 Å². The Morgan fingerprint density at radius 2 is 1.77 bits per heavy atom. The summed E-state index contributed by atoms with van der Waals surface area (Å²) in [6, 6.07) is 13.1. The van der Waals surface area contributed by atoms with Gasteiger partial charge in [0.2, 0.25) is 0 Å². The average Bonchev–Trinajstić information content (AvgIpc) is 2.64. The van der Waals surface area contributed by atoms with E-state index in [0.29, 0.717) is 31.4 Å². The van der Waals surface area contributed by atoms with Crippen LogP contribution in [0.2, 0.25) is 0 Å². The lowest BCUT2D eigenvalue weighted by Gasteiger charge is -2.14. The second kappa shape index (κ2) is 11.5. The van der Waals surface area contributed by atoms with Crippen LogP contribution in [-0.4, -0.2) is 38.4 Å². The second-order valence-corrected chi connectivity index (χ2v) is 5.51. The molecular weight excluding hydrogens is 445 g/mol. The Hall–Kier alpha value is -2.16. The van der Waals surface area contributed by atoms with Gasteiger partial charge in [-0.15, -0.1) is 24.0 Å². The molecule has 0 atom stereocenters. The number of ether oxygens (including phenoxy) is 2. The number of nitrogens with one attached hydrogen (secondary N) is 2. The van der Waals surface area contributed by atoms with Crippen LogP contribution in [0, 0.1) is 6.92 Å². The van der Waals surface area contributed by atoms with E-state index >= 15 is 0 Å². The van der Waals surface area contributed by atoms with Crippen LogP contribution in [0.4, 0.5) is 0 Å². The Balaban J connectivity index is 0.00000338. The Morgan fingerprint density at radius 3 is 2.42 bits per heavy atom. The van der Waals surface area contributed by atoms with Gasteiger partial charge in [0.1, 0.15) is 23.9 Å². The first-order valence-corrected chi connectivity index (χ1v) is 8.12. The van der Waals surface area contributed by atoms with Crippen molar-refractivity contribution in [1.82, 2.24) is 10.6 Å². The third kappa shape index (κ3) is 6.99. The molecule has 7 heteroatoms. The topological polar surface area (TPSA) is 75.1 Å². The van der Waals surface area contributed by atoms with Crippen molar-refractivity contribution in [2.75, 3.05) is 27.3 Å². The fraction of sp³-hybridized carbons (Fsp3) is 0.316. The molecule has 0 aliphatic rings. The molecule has 6 nitrogen and oxygen atoms in total. The maximum atomic E-state index is 9.90. The first-order chi connectivity index (χ1) is 12.1. The minimum atomic E-state index is 0. The number of phenolic OH excluding ortho intramolecular Hbond substituents is 1. The zero-order chi connectivity index (χ0) is 18.1. The van der Waals surface area contributed by atoms with Crippen LogP contribution in [0.5, 0.6) is 17.2 Å². The van der Waals surface area contributed by atoms with Crippen molar-refractivity contribution in [2.24, 2.45) is 4.99 Å². The van der Waals surface area contributed by atoms with Gasteiger partial charge in [-0.1, -0.05) is 17.7 Å². The Labute approximate surface area is 171 Å². The number of benzene rings is 2. The van der Waals surface area contributed by atoms with Crippen LogP contribution < -0.4 is 20.1 Å². The van der Waals surface area contributed by atoms with Gasteiger partial charge in [-0.3, -0.25) is 4.99 Å². The Morgan fingerprint density at radius 1 is 1.08 bits per heavy atom. The second-order valence-electron chi connectivity index (χ2n) is 5.51. The number of aryl methyl sites for hydroxylation is 1. The summed E-state index contributed by atoms with van der Waals surface area (Å²) in [5.41, 5.74) is 1.94. The van der Waals surface area contributed by atoms with Gasteiger partial charge in [0.15, 0.2) is 5.96 Å². The van der Waals surface area contributed by atoms with E-state index in [1.165, 1.54) is 5.56 Å². The van der Waals surface area contributed by atoms with E-state index < -0.39 is 0 Å². The summed E-state index contributed by atoms with van der Waals surface area (Å²) < 4.78 is 10.8. The van der Waals surface area contributed by atoms with E-state index in [1.807, 2.05) is 31.2 Å². The minimum Gasteiger partial charge on any atom is -0.508 e. The monoisotopic (exact) mass is 471 g/mol. The molecule has 0 amide bonds. The van der Waals surface area contributed by atoms with Gasteiger partial charge in [0.25, 0.3) is 0 Å². The van der Waals surface area contributed by atoms with E-state index in [2.05, 4.69) is 15.6 Å². The van der Waals surface area contributed by atoms with Gasteiger partial charge in [-0.2, -0.15) is 0 Å². The van der Waals surface area contributed by atoms with Crippen LogP contribution in [0.1, 0.15) is 11.1 Å². The van der Waals surface area contributed by atoms with Crippen molar-refractivity contribution in [3.8, 4) is 17.2 Å². The molecule has 0 aromatic heterocycles. The Bertz CT molecular complexity index is 706. The summed E-state index contributed by atoms with van der Waals surface area (Å²) in [4.78, 5) is 4.16.